The van der Waals surface area contributed by atoms with Crippen LogP contribution >= 0.6 is 0 Å². The average molecular weight is 383 g/mol. The SMILES string of the molecule is COc1ccc(NC(=O)CN(C)[C@H](C)C(=O)Nc2ccc(C(C)C)cc2)cc1. The zero-order chi connectivity index (χ0) is 20.7. The molecule has 2 aromatic rings. The summed E-state index contributed by atoms with van der Waals surface area (Å²) < 4.78 is 5.10. The molecule has 0 bridgehead atoms. The second-order valence-corrected chi connectivity index (χ2v) is 7.13. The minimum absolute atomic E-state index is 0.104. The highest BCUT2D eigenvalue weighted by molar-refractivity contribution is 5.96. The Labute approximate surface area is 166 Å². The number of benzene rings is 2. The van der Waals surface area contributed by atoms with Crippen molar-refractivity contribution >= 4 is 23.2 Å². The smallest absolute Gasteiger partial charge is 0.241 e. The third-order valence-electron chi connectivity index (χ3n) is 4.65. The van der Waals surface area contributed by atoms with E-state index < -0.39 is 6.04 Å². The Hall–Kier alpha value is -2.86. The molecule has 6 nitrogen and oxygen atoms in total. The van der Waals surface area contributed by atoms with Crippen molar-refractivity contribution in [2.45, 2.75) is 32.7 Å². The van der Waals surface area contributed by atoms with Crippen molar-refractivity contribution in [3.63, 3.8) is 0 Å². The van der Waals surface area contributed by atoms with E-state index in [2.05, 4.69) is 24.5 Å². The Morgan fingerprint density at radius 1 is 0.929 bits per heavy atom. The number of hydrogen-bond acceptors (Lipinski definition) is 4. The van der Waals surface area contributed by atoms with E-state index >= 15 is 0 Å². The van der Waals surface area contributed by atoms with Gasteiger partial charge in [0.05, 0.1) is 19.7 Å². The van der Waals surface area contributed by atoms with E-state index in [9.17, 15) is 9.59 Å². The molecule has 0 aromatic heterocycles. The van der Waals surface area contributed by atoms with Gasteiger partial charge in [-0.25, -0.2) is 0 Å². The Morgan fingerprint density at radius 3 is 2.00 bits per heavy atom. The van der Waals surface area contributed by atoms with Gasteiger partial charge in [0.2, 0.25) is 11.8 Å². The fourth-order valence-electron chi connectivity index (χ4n) is 2.64. The normalized spacial score (nSPS) is 12.0. The lowest BCUT2D eigenvalue weighted by atomic mass is 10.0. The fraction of sp³-hybridized carbons (Fsp3) is 0.364. The van der Waals surface area contributed by atoms with Crippen LogP contribution in [-0.2, 0) is 9.59 Å². The number of likely N-dealkylation sites (N-methyl/N-ethyl adjacent to an activating group) is 1. The monoisotopic (exact) mass is 383 g/mol. The van der Waals surface area contributed by atoms with Crippen molar-refractivity contribution in [2.24, 2.45) is 0 Å². The summed E-state index contributed by atoms with van der Waals surface area (Å²) in [5.74, 6) is 0.825. The molecule has 0 unspecified atom stereocenters. The predicted molar refractivity (Wildman–Crippen MR) is 113 cm³/mol. The van der Waals surface area contributed by atoms with Crippen molar-refractivity contribution in [1.29, 1.82) is 0 Å². The van der Waals surface area contributed by atoms with Gasteiger partial charge in [0, 0.05) is 11.4 Å². The first-order valence-electron chi connectivity index (χ1n) is 9.35. The number of ether oxygens (including phenoxy) is 1. The van der Waals surface area contributed by atoms with E-state index in [0.717, 1.165) is 11.4 Å². The molecule has 0 aliphatic rings. The molecule has 2 amide bonds. The summed E-state index contributed by atoms with van der Waals surface area (Å²) in [6.07, 6.45) is 0. The van der Waals surface area contributed by atoms with Crippen LogP contribution in [0.1, 0.15) is 32.3 Å². The number of rotatable bonds is 8. The van der Waals surface area contributed by atoms with Gasteiger partial charge in [0.15, 0.2) is 0 Å². The summed E-state index contributed by atoms with van der Waals surface area (Å²) in [6, 6.07) is 14.5. The largest absolute Gasteiger partial charge is 0.497 e. The van der Waals surface area contributed by atoms with Gasteiger partial charge >= 0.3 is 0 Å². The van der Waals surface area contributed by atoms with E-state index in [1.54, 1.807) is 50.2 Å². The number of methoxy groups -OCH3 is 1. The second kappa shape index (κ2) is 9.90. The zero-order valence-corrected chi connectivity index (χ0v) is 17.2. The van der Waals surface area contributed by atoms with Gasteiger partial charge in [-0.15, -0.1) is 0 Å². The Balaban J connectivity index is 1.86. The van der Waals surface area contributed by atoms with E-state index in [4.69, 9.17) is 4.74 Å². The number of nitrogens with one attached hydrogen (secondary N) is 2. The summed E-state index contributed by atoms with van der Waals surface area (Å²) in [6.45, 7) is 6.13. The first-order valence-corrected chi connectivity index (χ1v) is 9.35. The van der Waals surface area contributed by atoms with E-state index in [1.165, 1.54) is 5.56 Å². The first-order chi connectivity index (χ1) is 13.3. The van der Waals surface area contributed by atoms with Crippen LogP contribution in [0, 0.1) is 0 Å². The topological polar surface area (TPSA) is 70.7 Å². The quantitative estimate of drug-likeness (QED) is 0.729. The number of hydrogen-bond donors (Lipinski definition) is 2. The van der Waals surface area contributed by atoms with Gasteiger partial charge in [-0.3, -0.25) is 14.5 Å². The molecular formula is C22H29N3O3. The van der Waals surface area contributed by atoms with Crippen molar-refractivity contribution < 1.29 is 14.3 Å². The zero-order valence-electron chi connectivity index (χ0n) is 17.2. The van der Waals surface area contributed by atoms with Gasteiger partial charge < -0.3 is 15.4 Å². The second-order valence-electron chi connectivity index (χ2n) is 7.13. The molecule has 6 heteroatoms. The minimum atomic E-state index is -0.452. The molecule has 0 fully saturated rings. The van der Waals surface area contributed by atoms with Crippen molar-refractivity contribution in [2.75, 3.05) is 31.3 Å². The molecule has 0 radical (unpaired) electrons. The number of carbonyl (C=O) groups excluding carboxylic acids is 2. The van der Waals surface area contributed by atoms with Crippen LogP contribution in [0.25, 0.3) is 0 Å². The van der Waals surface area contributed by atoms with E-state index in [1.807, 2.05) is 24.3 Å². The average Bonchev–Trinajstić information content (AvgIpc) is 2.68. The molecule has 0 spiro atoms. The first kappa shape index (κ1) is 21.4. The highest BCUT2D eigenvalue weighted by Gasteiger charge is 2.20. The highest BCUT2D eigenvalue weighted by Crippen LogP contribution is 2.18. The van der Waals surface area contributed by atoms with Crippen LogP contribution in [0.4, 0.5) is 11.4 Å². The molecular weight excluding hydrogens is 354 g/mol. The lowest BCUT2D eigenvalue weighted by molar-refractivity contribution is -0.122. The van der Waals surface area contributed by atoms with Crippen molar-refractivity contribution in [1.82, 2.24) is 4.90 Å². The molecule has 1 atom stereocenters. The standard InChI is InChI=1S/C22H29N3O3/c1-15(2)17-6-8-19(9-7-17)24-22(27)16(3)25(4)14-21(26)23-18-10-12-20(28-5)13-11-18/h6-13,15-16H,14H2,1-5H3,(H,23,26)(H,24,27)/t16-/m1/s1. The maximum atomic E-state index is 12.5. The molecule has 0 aliphatic carbocycles. The number of carbonyl (C=O) groups is 2. The Bertz CT molecular complexity index is 786. The van der Waals surface area contributed by atoms with Gasteiger partial charge in [-0.1, -0.05) is 26.0 Å². The summed E-state index contributed by atoms with van der Waals surface area (Å²) in [5.41, 5.74) is 2.65. The molecule has 2 aromatic carbocycles. The van der Waals surface area contributed by atoms with Crippen LogP contribution in [0.2, 0.25) is 0 Å². The molecule has 150 valence electrons. The number of amides is 2. The van der Waals surface area contributed by atoms with Gasteiger partial charge in [0.25, 0.3) is 0 Å². The maximum Gasteiger partial charge on any atom is 0.241 e. The van der Waals surface area contributed by atoms with Crippen molar-refractivity contribution in [3.8, 4) is 5.75 Å². The fourth-order valence-corrected chi connectivity index (χ4v) is 2.64. The molecule has 0 aliphatic heterocycles. The van der Waals surface area contributed by atoms with Crippen LogP contribution in [0.3, 0.4) is 0 Å². The van der Waals surface area contributed by atoms with E-state index in [0.29, 0.717) is 11.6 Å². The lowest BCUT2D eigenvalue weighted by Gasteiger charge is -2.23. The molecule has 0 saturated carbocycles. The molecule has 0 saturated heterocycles. The summed E-state index contributed by atoms with van der Waals surface area (Å²) in [7, 11) is 3.34. The van der Waals surface area contributed by atoms with Gasteiger partial charge in [-0.2, -0.15) is 0 Å². The Morgan fingerprint density at radius 2 is 1.46 bits per heavy atom. The van der Waals surface area contributed by atoms with Crippen LogP contribution < -0.4 is 15.4 Å². The summed E-state index contributed by atoms with van der Waals surface area (Å²) >= 11 is 0. The van der Waals surface area contributed by atoms with Gasteiger partial charge in [-0.05, 0) is 61.9 Å². The van der Waals surface area contributed by atoms with E-state index in [-0.39, 0.29) is 18.4 Å². The van der Waals surface area contributed by atoms with Crippen LogP contribution in [0.15, 0.2) is 48.5 Å². The minimum Gasteiger partial charge on any atom is -0.497 e. The van der Waals surface area contributed by atoms with Crippen LogP contribution in [-0.4, -0.2) is 43.5 Å². The van der Waals surface area contributed by atoms with Crippen LogP contribution in [0.5, 0.6) is 5.75 Å². The molecule has 28 heavy (non-hydrogen) atoms. The summed E-state index contributed by atoms with van der Waals surface area (Å²) in [4.78, 5) is 26.4. The molecule has 2 rings (SSSR count). The van der Waals surface area contributed by atoms with Gasteiger partial charge in [0.1, 0.15) is 5.75 Å². The predicted octanol–water partition coefficient (Wildman–Crippen LogP) is 3.72. The Kier molecular flexibility index (Phi) is 7.58. The maximum absolute atomic E-state index is 12.5. The molecule has 0 heterocycles. The highest BCUT2D eigenvalue weighted by atomic mass is 16.5. The third kappa shape index (κ3) is 6.09. The summed E-state index contributed by atoms with van der Waals surface area (Å²) in [5, 5.41) is 5.71. The number of nitrogens with zero attached hydrogens (tertiary/aromatic N) is 1. The third-order valence-corrected chi connectivity index (χ3v) is 4.65. The number of anilines is 2. The van der Waals surface area contributed by atoms with Crippen molar-refractivity contribution in [3.05, 3.63) is 54.1 Å². The molecule has 2 N–H and O–H groups in total. The lowest BCUT2D eigenvalue weighted by Crippen LogP contribution is -2.43.